The molecule has 0 spiro atoms. The van der Waals surface area contributed by atoms with Crippen LogP contribution in [0, 0.1) is 0 Å². The van der Waals surface area contributed by atoms with Gasteiger partial charge < -0.3 is 7.16 Å². The molecule has 0 heterocycles. The summed E-state index contributed by atoms with van der Waals surface area (Å²) in [6, 6.07) is 0. The first-order valence-electron chi connectivity index (χ1n) is 6.75. The molecular formula is C12H28NNaO5S. The second kappa shape index (κ2) is 17.4. The maximum Gasteiger partial charge on any atom is 1.00 e. The number of hydrogen-bond acceptors (Lipinski definition) is 3. The van der Waals surface area contributed by atoms with Crippen LogP contribution in [0.25, 0.3) is 0 Å². The van der Waals surface area contributed by atoms with Gasteiger partial charge in [0.25, 0.3) is 0 Å². The Morgan fingerprint density at radius 2 is 1.25 bits per heavy atom. The first kappa shape index (κ1) is 25.3. The van der Waals surface area contributed by atoms with Crippen molar-refractivity contribution in [2.24, 2.45) is 5.73 Å². The van der Waals surface area contributed by atoms with Gasteiger partial charge in [-0.3, -0.25) is 13.9 Å². The average molecular weight is 321 g/mol. The number of unbranched alkanes of at least 4 members (excludes halogenated alkanes) is 8. The van der Waals surface area contributed by atoms with Crippen molar-refractivity contribution in [2.75, 3.05) is 0 Å². The first-order valence-corrected chi connectivity index (χ1v) is 8.15. The van der Waals surface area contributed by atoms with Crippen molar-refractivity contribution in [2.45, 2.75) is 71.1 Å². The summed E-state index contributed by atoms with van der Waals surface area (Å²) in [4.78, 5) is 10.4. The molecule has 0 radical (unpaired) electrons. The zero-order chi connectivity index (χ0) is 15.1. The van der Waals surface area contributed by atoms with E-state index in [1.165, 1.54) is 44.9 Å². The molecule has 1 amide bonds. The van der Waals surface area contributed by atoms with E-state index >= 15 is 0 Å². The predicted octanol–water partition coefficient (Wildman–Crippen LogP) is -0.144. The fraction of sp³-hybridized carbons (Fsp3) is 0.917. The minimum absolute atomic E-state index is 0. The van der Waals surface area contributed by atoms with Crippen molar-refractivity contribution >= 4 is 16.3 Å². The van der Waals surface area contributed by atoms with E-state index in [0.29, 0.717) is 6.42 Å². The zero-order valence-electron chi connectivity index (χ0n) is 13.7. The molecule has 0 aliphatic heterocycles. The molecule has 0 atom stereocenters. The van der Waals surface area contributed by atoms with Crippen LogP contribution in [0.15, 0.2) is 0 Å². The summed E-state index contributed by atoms with van der Waals surface area (Å²) < 4.78 is 31.6. The maximum absolute atomic E-state index is 10.4. The Morgan fingerprint density at radius 1 is 0.950 bits per heavy atom. The number of carbonyl (C=O) groups excluding carboxylic acids is 1. The van der Waals surface area contributed by atoms with Crippen LogP contribution in [0.5, 0.6) is 0 Å². The molecule has 0 aromatic heterocycles. The number of carbonyl (C=O) groups is 1. The summed E-state index contributed by atoms with van der Waals surface area (Å²) in [5.74, 6) is -0.159. The van der Waals surface area contributed by atoms with E-state index in [-0.39, 0.29) is 36.9 Å². The molecule has 0 saturated heterocycles. The smallest absolute Gasteiger partial charge is 1.00 e. The fourth-order valence-corrected chi connectivity index (χ4v) is 1.61. The molecule has 20 heavy (non-hydrogen) atoms. The number of amides is 1. The topological polar surface area (TPSA) is 118 Å². The molecule has 0 aliphatic carbocycles. The van der Waals surface area contributed by atoms with E-state index in [4.69, 9.17) is 23.3 Å². The van der Waals surface area contributed by atoms with Crippen LogP contribution < -0.4 is 35.3 Å². The molecule has 0 unspecified atom stereocenters. The summed E-state index contributed by atoms with van der Waals surface area (Å²) in [6.45, 7) is 2.24. The van der Waals surface area contributed by atoms with Gasteiger partial charge in [-0.25, -0.2) is 0 Å². The van der Waals surface area contributed by atoms with Gasteiger partial charge in [0.2, 0.25) is 5.91 Å². The number of primary amides is 1. The molecule has 0 aliphatic rings. The maximum atomic E-state index is 10.4. The van der Waals surface area contributed by atoms with Gasteiger partial charge in [0.1, 0.15) is 0 Å². The number of hydrogen-bond donors (Lipinski definition) is 3. The van der Waals surface area contributed by atoms with Crippen LogP contribution in [0.1, 0.15) is 72.6 Å². The Kier molecular flexibility index (Phi) is 22.0. The predicted molar refractivity (Wildman–Crippen MR) is 76.3 cm³/mol. The van der Waals surface area contributed by atoms with Crippen molar-refractivity contribution < 1.29 is 53.3 Å². The second-order valence-electron chi connectivity index (χ2n) is 4.49. The third-order valence-electron chi connectivity index (χ3n) is 2.53. The van der Waals surface area contributed by atoms with E-state index in [1.54, 1.807) is 0 Å². The molecule has 118 valence electrons. The van der Waals surface area contributed by atoms with E-state index in [1.807, 2.05) is 0 Å². The van der Waals surface area contributed by atoms with Crippen LogP contribution in [0.2, 0.25) is 0 Å². The van der Waals surface area contributed by atoms with Crippen molar-refractivity contribution in [3.05, 3.63) is 0 Å². The molecule has 0 aromatic carbocycles. The molecule has 4 N–H and O–H groups in total. The van der Waals surface area contributed by atoms with Gasteiger partial charge in [-0.15, -0.1) is 0 Å². The van der Waals surface area contributed by atoms with E-state index in [0.717, 1.165) is 12.8 Å². The molecule has 0 aromatic rings. The van der Waals surface area contributed by atoms with Gasteiger partial charge in [0.05, 0.1) is 0 Å². The molecule has 0 bridgehead atoms. The first-order chi connectivity index (χ1) is 8.77. The van der Waals surface area contributed by atoms with E-state index in [9.17, 15) is 4.79 Å². The normalized spacial score (nSPS) is 10.2. The summed E-state index contributed by atoms with van der Waals surface area (Å²) in [5, 5.41) is 0. The van der Waals surface area contributed by atoms with Gasteiger partial charge in [-0.05, 0) is 6.42 Å². The molecule has 0 fully saturated rings. The minimum atomic E-state index is -4.67. The van der Waals surface area contributed by atoms with Crippen molar-refractivity contribution in [3.8, 4) is 0 Å². The van der Waals surface area contributed by atoms with Crippen LogP contribution in [-0.2, 0) is 15.2 Å². The Balaban J connectivity index is -0.000000179. The Bertz CT molecular complexity index is 307. The standard InChI is InChI=1S/C12H25NO.Na.H2O4S.H/c1-2-3-4-5-6-7-8-9-10-11-12(13)14;;1-5(2,3)4;/h2-11H2,1H3,(H2,13,14);;(H2,1,2,3,4);/q;+1;;-1. The third kappa shape index (κ3) is 42.9. The summed E-state index contributed by atoms with van der Waals surface area (Å²) >= 11 is 0. The number of rotatable bonds is 10. The summed E-state index contributed by atoms with van der Waals surface area (Å²) in [7, 11) is -4.67. The zero-order valence-corrected chi connectivity index (χ0v) is 15.5. The van der Waals surface area contributed by atoms with Gasteiger partial charge in [0.15, 0.2) is 0 Å². The average Bonchev–Trinajstić information content (AvgIpc) is 2.24. The Morgan fingerprint density at radius 3 is 1.55 bits per heavy atom. The monoisotopic (exact) mass is 321 g/mol. The Labute approximate surface area is 146 Å². The molecular weight excluding hydrogens is 293 g/mol. The summed E-state index contributed by atoms with van der Waals surface area (Å²) in [5.41, 5.74) is 5.05. The van der Waals surface area contributed by atoms with Crippen LogP contribution in [-0.4, -0.2) is 23.4 Å². The molecule has 0 rings (SSSR count). The Hall–Kier alpha value is 0.340. The van der Waals surface area contributed by atoms with Crippen LogP contribution in [0.4, 0.5) is 0 Å². The quantitative estimate of drug-likeness (QED) is 0.294. The van der Waals surface area contributed by atoms with Crippen LogP contribution >= 0.6 is 0 Å². The van der Waals surface area contributed by atoms with Crippen molar-refractivity contribution in [1.82, 2.24) is 0 Å². The fourth-order valence-electron chi connectivity index (χ4n) is 1.61. The largest absolute Gasteiger partial charge is 1.00 e. The van der Waals surface area contributed by atoms with Crippen molar-refractivity contribution in [3.63, 3.8) is 0 Å². The van der Waals surface area contributed by atoms with Gasteiger partial charge >= 0.3 is 40.0 Å². The summed E-state index contributed by atoms with van der Waals surface area (Å²) in [6.07, 6.45) is 12.1. The second-order valence-corrected chi connectivity index (χ2v) is 5.39. The van der Waals surface area contributed by atoms with Gasteiger partial charge in [-0.1, -0.05) is 58.3 Å². The van der Waals surface area contributed by atoms with Gasteiger partial charge in [0, 0.05) is 6.42 Å². The third-order valence-corrected chi connectivity index (χ3v) is 2.53. The molecule has 6 nitrogen and oxygen atoms in total. The SMILES string of the molecule is CCCCCCCCCCCC(N)=O.O=S(=O)(O)O.[H-].[Na+]. The number of nitrogens with two attached hydrogens (primary N) is 1. The van der Waals surface area contributed by atoms with E-state index < -0.39 is 10.4 Å². The molecule has 8 heteroatoms. The van der Waals surface area contributed by atoms with Crippen molar-refractivity contribution in [1.29, 1.82) is 0 Å². The minimum Gasteiger partial charge on any atom is -1.00 e. The molecule has 0 saturated carbocycles. The van der Waals surface area contributed by atoms with Gasteiger partial charge in [-0.2, -0.15) is 8.42 Å². The van der Waals surface area contributed by atoms with E-state index in [2.05, 4.69) is 6.92 Å². The van der Waals surface area contributed by atoms with Crippen LogP contribution in [0.3, 0.4) is 0 Å².